The molecule has 0 radical (unpaired) electrons. The fourth-order valence-electron chi connectivity index (χ4n) is 1.01. The number of hydrogen-bond acceptors (Lipinski definition) is 3. The van der Waals surface area contributed by atoms with E-state index >= 15 is 0 Å². The summed E-state index contributed by atoms with van der Waals surface area (Å²) in [6.45, 7) is 5.17. The Balaban J connectivity index is 2.69. The van der Waals surface area contributed by atoms with Crippen LogP contribution in [0, 0.1) is 0 Å². The molecule has 1 rings (SSSR count). The van der Waals surface area contributed by atoms with Gasteiger partial charge in [-0.2, -0.15) is 0 Å². The molecule has 1 aromatic rings. The number of hydrogen-bond donors (Lipinski definition) is 2. The summed E-state index contributed by atoms with van der Waals surface area (Å²) >= 11 is 0. The van der Waals surface area contributed by atoms with Crippen molar-refractivity contribution in [3.05, 3.63) is 29.8 Å². The van der Waals surface area contributed by atoms with Crippen LogP contribution < -0.4 is 4.72 Å². The molecule has 0 amide bonds. The molecule has 0 fully saturated rings. The van der Waals surface area contributed by atoms with Crippen LogP contribution >= 0.6 is 0 Å². The zero-order chi connectivity index (χ0) is 12.4. The minimum atomic E-state index is -3.32. The highest BCUT2D eigenvalue weighted by molar-refractivity contribution is 7.90. The molecule has 0 spiro atoms. The molecule has 0 atom stereocenters. The molecular formula is C11H17NO3S. The minimum Gasteiger partial charge on any atom is -0.508 e. The summed E-state index contributed by atoms with van der Waals surface area (Å²) in [5, 5.41) is 9.08. The first kappa shape index (κ1) is 13.0. The van der Waals surface area contributed by atoms with E-state index in [1.807, 2.05) is 0 Å². The Kier molecular flexibility index (Phi) is 3.60. The van der Waals surface area contributed by atoms with Gasteiger partial charge >= 0.3 is 0 Å². The molecule has 0 unspecified atom stereocenters. The molecule has 0 aliphatic heterocycles. The molecule has 4 nitrogen and oxygen atoms in total. The van der Waals surface area contributed by atoms with Crippen LogP contribution in [0.5, 0.6) is 5.75 Å². The van der Waals surface area contributed by atoms with E-state index in [-0.39, 0.29) is 12.3 Å². The molecule has 0 aromatic heterocycles. The van der Waals surface area contributed by atoms with Gasteiger partial charge < -0.3 is 5.11 Å². The Bertz CT molecular complexity index is 443. The lowest BCUT2D eigenvalue weighted by Crippen LogP contribution is -2.38. The number of sulfonamides is 1. The van der Waals surface area contributed by atoms with E-state index in [9.17, 15) is 8.42 Å². The summed E-state index contributed by atoms with van der Waals surface area (Å²) in [6.07, 6.45) is 0. The second-order valence-corrected chi connectivity index (χ2v) is 7.12. The predicted octanol–water partition coefficient (Wildman–Crippen LogP) is 1.61. The fourth-order valence-corrected chi connectivity index (χ4v) is 1.80. The highest BCUT2D eigenvalue weighted by Gasteiger charge is 2.28. The lowest BCUT2D eigenvalue weighted by Gasteiger charge is -2.19. The summed E-state index contributed by atoms with van der Waals surface area (Å²) in [7, 11) is -3.32. The van der Waals surface area contributed by atoms with Crippen molar-refractivity contribution in [2.75, 3.05) is 0 Å². The van der Waals surface area contributed by atoms with Crippen molar-refractivity contribution < 1.29 is 13.5 Å². The number of phenolic OH excluding ortho intramolecular Hbond substituents is 1. The molecule has 1 aromatic carbocycles. The third-order valence-electron chi connectivity index (χ3n) is 2.21. The van der Waals surface area contributed by atoms with E-state index < -0.39 is 14.8 Å². The molecule has 0 aliphatic rings. The topological polar surface area (TPSA) is 66.4 Å². The maximum absolute atomic E-state index is 11.7. The van der Waals surface area contributed by atoms with Crippen molar-refractivity contribution >= 4 is 10.0 Å². The molecule has 2 N–H and O–H groups in total. The van der Waals surface area contributed by atoms with Crippen molar-refractivity contribution in [2.45, 2.75) is 32.1 Å². The van der Waals surface area contributed by atoms with Crippen molar-refractivity contribution in [3.63, 3.8) is 0 Å². The SMILES string of the molecule is CC(C)(C)S(=O)(=O)NCc1ccc(O)cc1. The van der Waals surface area contributed by atoms with E-state index in [4.69, 9.17) is 5.11 Å². The Morgan fingerprint density at radius 2 is 1.69 bits per heavy atom. The molecule has 16 heavy (non-hydrogen) atoms. The number of nitrogens with one attached hydrogen (secondary N) is 1. The maximum atomic E-state index is 11.7. The van der Waals surface area contributed by atoms with Gasteiger partial charge in [-0.1, -0.05) is 12.1 Å². The van der Waals surface area contributed by atoms with Crippen LogP contribution in [-0.4, -0.2) is 18.3 Å². The van der Waals surface area contributed by atoms with E-state index in [0.717, 1.165) is 5.56 Å². The largest absolute Gasteiger partial charge is 0.508 e. The smallest absolute Gasteiger partial charge is 0.216 e. The van der Waals surface area contributed by atoms with Gasteiger partial charge in [0, 0.05) is 6.54 Å². The molecular weight excluding hydrogens is 226 g/mol. The lowest BCUT2D eigenvalue weighted by atomic mass is 10.2. The van der Waals surface area contributed by atoms with Crippen LogP contribution in [0.2, 0.25) is 0 Å². The van der Waals surface area contributed by atoms with Gasteiger partial charge in [0.05, 0.1) is 4.75 Å². The molecule has 0 heterocycles. The monoisotopic (exact) mass is 243 g/mol. The molecule has 0 saturated heterocycles. The van der Waals surface area contributed by atoms with Crippen LogP contribution in [0.4, 0.5) is 0 Å². The number of benzene rings is 1. The van der Waals surface area contributed by atoms with Crippen molar-refractivity contribution in [2.24, 2.45) is 0 Å². The van der Waals surface area contributed by atoms with Crippen LogP contribution in [-0.2, 0) is 16.6 Å². The number of phenols is 1. The average molecular weight is 243 g/mol. The standard InChI is InChI=1S/C11H17NO3S/c1-11(2,3)16(14,15)12-8-9-4-6-10(13)7-5-9/h4-7,12-13H,8H2,1-3H3. The van der Waals surface area contributed by atoms with E-state index in [1.165, 1.54) is 12.1 Å². The molecule has 0 bridgehead atoms. The van der Waals surface area contributed by atoms with Gasteiger partial charge in [-0.25, -0.2) is 13.1 Å². The van der Waals surface area contributed by atoms with Gasteiger partial charge in [-0.15, -0.1) is 0 Å². The van der Waals surface area contributed by atoms with Crippen molar-refractivity contribution in [3.8, 4) is 5.75 Å². The maximum Gasteiger partial charge on any atom is 0.216 e. The van der Waals surface area contributed by atoms with E-state index in [1.54, 1.807) is 32.9 Å². The second kappa shape index (κ2) is 4.43. The Morgan fingerprint density at radius 3 is 2.12 bits per heavy atom. The van der Waals surface area contributed by atoms with Gasteiger partial charge in [-0.3, -0.25) is 0 Å². The summed E-state index contributed by atoms with van der Waals surface area (Å²) in [6, 6.07) is 6.42. The third-order valence-corrected chi connectivity index (χ3v) is 4.35. The normalized spacial score (nSPS) is 12.7. The van der Waals surface area contributed by atoms with E-state index in [0.29, 0.717) is 0 Å². The predicted molar refractivity (Wildman–Crippen MR) is 63.6 cm³/mol. The van der Waals surface area contributed by atoms with Crippen LogP contribution in [0.3, 0.4) is 0 Å². The summed E-state index contributed by atoms with van der Waals surface area (Å²) in [5.74, 6) is 0.169. The minimum absolute atomic E-state index is 0.169. The average Bonchev–Trinajstić information content (AvgIpc) is 2.15. The molecule has 0 saturated carbocycles. The highest BCUT2D eigenvalue weighted by atomic mass is 32.2. The Morgan fingerprint density at radius 1 is 1.19 bits per heavy atom. The highest BCUT2D eigenvalue weighted by Crippen LogP contribution is 2.14. The summed E-state index contributed by atoms with van der Waals surface area (Å²) in [4.78, 5) is 0. The Hall–Kier alpha value is -1.07. The Labute approximate surface area is 96.4 Å². The van der Waals surface area contributed by atoms with Crippen LogP contribution in [0.1, 0.15) is 26.3 Å². The fraction of sp³-hybridized carbons (Fsp3) is 0.455. The first-order valence-electron chi connectivity index (χ1n) is 4.99. The van der Waals surface area contributed by atoms with Gasteiger partial charge in [0.1, 0.15) is 5.75 Å². The van der Waals surface area contributed by atoms with Crippen LogP contribution in [0.25, 0.3) is 0 Å². The zero-order valence-electron chi connectivity index (χ0n) is 9.69. The van der Waals surface area contributed by atoms with Crippen molar-refractivity contribution in [1.29, 1.82) is 0 Å². The van der Waals surface area contributed by atoms with Gasteiger partial charge in [0.25, 0.3) is 0 Å². The second-order valence-electron chi connectivity index (χ2n) is 4.60. The van der Waals surface area contributed by atoms with Crippen LogP contribution in [0.15, 0.2) is 24.3 Å². The van der Waals surface area contributed by atoms with Gasteiger partial charge in [-0.05, 0) is 38.5 Å². The summed E-state index contributed by atoms with van der Waals surface area (Å²) in [5.41, 5.74) is 0.811. The van der Waals surface area contributed by atoms with Crippen molar-refractivity contribution in [1.82, 2.24) is 4.72 Å². The molecule has 0 aliphatic carbocycles. The van der Waals surface area contributed by atoms with Gasteiger partial charge in [0.15, 0.2) is 0 Å². The molecule has 5 heteroatoms. The quantitative estimate of drug-likeness (QED) is 0.847. The zero-order valence-corrected chi connectivity index (χ0v) is 10.5. The summed E-state index contributed by atoms with van der Waals surface area (Å²) < 4.78 is 25.2. The lowest BCUT2D eigenvalue weighted by molar-refractivity contribution is 0.475. The van der Waals surface area contributed by atoms with Gasteiger partial charge in [0.2, 0.25) is 10.0 Å². The first-order valence-corrected chi connectivity index (χ1v) is 6.48. The van der Waals surface area contributed by atoms with E-state index in [2.05, 4.69) is 4.72 Å². The third kappa shape index (κ3) is 3.21. The molecule has 90 valence electrons. The first-order chi connectivity index (χ1) is 7.22. The number of aromatic hydroxyl groups is 1. The number of rotatable bonds is 3.